The fourth-order valence-corrected chi connectivity index (χ4v) is 2.63. The van der Waals surface area contributed by atoms with Crippen LogP contribution < -0.4 is 4.72 Å². The van der Waals surface area contributed by atoms with Crippen LogP contribution in [0.25, 0.3) is 0 Å². The van der Waals surface area contributed by atoms with Gasteiger partial charge >= 0.3 is 0 Å². The smallest absolute Gasteiger partial charge is 0.261 e. The first-order valence-electron chi connectivity index (χ1n) is 4.83. The third-order valence-electron chi connectivity index (χ3n) is 2.11. The zero-order valence-electron chi connectivity index (χ0n) is 8.72. The third-order valence-corrected chi connectivity index (χ3v) is 3.81. The molecule has 5 heteroatoms. The molecule has 0 saturated heterocycles. The van der Waals surface area contributed by atoms with E-state index in [2.05, 4.69) is 10.8 Å². The molecule has 17 heavy (non-hydrogen) atoms. The van der Waals surface area contributed by atoms with E-state index in [4.69, 9.17) is 11.6 Å². The van der Waals surface area contributed by atoms with Crippen molar-refractivity contribution in [2.24, 2.45) is 0 Å². The Labute approximate surface area is 105 Å². The van der Waals surface area contributed by atoms with Gasteiger partial charge in [0.2, 0.25) is 0 Å². The van der Waals surface area contributed by atoms with Gasteiger partial charge in [0.05, 0.1) is 15.6 Å². The molecule has 2 rings (SSSR count). The first-order valence-corrected chi connectivity index (χ1v) is 6.69. The highest BCUT2D eigenvalue weighted by Crippen LogP contribution is 2.23. The molecule has 0 atom stereocenters. The summed E-state index contributed by atoms with van der Waals surface area (Å²) in [5, 5.41) is 0.312. The number of nitrogens with one attached hydrogen (secondary N) is 1. The Morgan fingerprint density at radius 1 is 1.12 bits per heavy atom. The van der Waals surface area contributed by atoms with E-state index in [0.717, 1.165) is 0 Å². The highest BCUT2D eigenvalue weighted by atomic mass is 35.5. The van der Waals surface area contributed by atoms with Crippen molar-refractivity contribution in [1.29, 1.82) is 0 Å². The first-order chi connectivity index (χ1) is 8.09. The van der Waals surface area contributed by atoms with Crippen LogP contribution in [0.1, 0.15) is 0 Å². The van der Waals surface area contributed by atoms with Crippen molar-refractivity contribution in [3.8, 4) is 0 Å². The lowest BCUT2D eigenvalue weighted by atomic mass is 10.3. The van der Waals surface area contributed by atoms with Gasteiger partial charge in [0.15, 0.2) is 0 Å². The van der Waals surface area contributed by atoms with E-state index in [1.165, 1.54) is 18.2 Å². The van der Waals surface area contributed by atoms with E-state index >= 15 is 0 Å². The third kappa shape index (κ3) is 2.78. The Balaban J connectivity index is 2.34. The molecule has 0 fully saturated rings. The van der Waals surface area contributed by atoms with Crippen LogP contribution in [0.3, 0.4) is 0 Å². The molecule has 0 spiro atoms. The van der Waals surface area contributed by atoms with Crippen molar-refractivity contribution >= 4 is 27.3 Å². The average molecular weight is 267 g/mol. The van der Waals surface area contributed by atoms with Crippen LogP contribution in [0.2, 0.25) is 5.02 Å². The van der Waals surface area contributed by atoms with Crippen LogP contribution in [0, 0.1) is 6.07 Å². The van der Waals surface area contributed by atoms with E-state index in [-0.39, 0.29) is 4.90 Å². The number of benzene rings is 2. The molecule has 0 aromatic heterocycles. The van der Waals surface area contributed by atoms with Crippen LogP contribution in [0.4, 0.5) is 5.69 Å². The lowest BCUT2D eigenvalue weighted by Crippen LogP contribution is -2.12. The van der Waals surface area contributed by atoms with Gasteiger partial charge in [-0.15, -0.1) is 0 Å². The average Bonchev–Trinajstić information content (AvgIpc) is 2.33. The lowest BCUT2D eigenvalue weighted by Gasteiger charge is -2.08. The zero-order chi connectivity index (χ0) is 12.3. The predicted molar refractivity (Wildman–Crippen MR) is 67.5 cm³/mol. The molecular formula is C12H9ClNO2S. The fourth-order valence-electron chi connectivity index (χ4n) is 1.30. The highest BCUT2D eigenvalue weighted by molar-refractivity contribution is 7.92. The molecule has 0 unspecified atom stereocenters. The maximum absolute atomic E-state index is 12.0. The minimum Gasteiger partial charge on any atom is -0.278 e. The molecule has 2 aromatic rings. The van der Waals surface area contributed by atoms with E-state index in [1.54, 1.807) is 30.3 Å². The molecule has 3 nitrogen and oxygen atoms in total. The number of anilines is 1. The predicted octanol–water partition coefficient (Wildman–Crippen LogP) is 2.94. The summed E-state index contributed by atoms with van der Waals surface area (Å²) in [7, 11) is -3.58. The maximum Gasteiger partial charge on any atom is 0.261 e. The van der Waals surface area contributed by atoms with Crippen LogP contribution in [-0.4, -0.2) is 8.42 Å². The molecule has 0 saturated carbocycles. The summed E-state index contributed by atoms with van der Waals surface area (Å²) in [6, 6.07) is 15.5. The van der Waals surface area contributed by atoms with Crippen LogP contribution >= 0.6 is 11.6 Å². The standard InChI is InChI=1S/C12H9ClNO2S/c13-11-8-4-5-9-12(11)14-17(15,16)10-6-2-1-3-7-10/h1-3,5-9,14H. The molecule has 87 valence electrons. The van der Waals surface area contributed by atoms with Gasteiger partial charge in [0, 0.05) is 0 Å². The number of hydrogen-bond donors (Lipinski definition) is 1. The van der Waals surface area contributed by atoms with Crippen LogP contribution in [-0.2, 0) is 10.0 Å². The summed E-state index contributed by atoms with van der Waals surface area (Å²) in [4.78, 5) is 0.198. The zero-order valence-corrected chi connectivity index (χ0v) is 10.3. The summed E-state index contributed by atoms with van der Waals surface area (Å²) >= 11 is 5.86. The molecular weight excluding hydrogens is 258 g/mol. The van der Waals surface area contributed by atoms with E-state index in [9.17, 15) is 8.42 Å². The summed E-state index contributed by atoms with van der Waals surface area (Å²) < 4.78 is 26.4. The maximum atomic E-state index is 12.0. The van der Waals surface area contributed by atoms with Crippen molar-refractivity contribution in [3.05, 3.63) is 59.6 Å². The topological polar surface area (TPSA) is 46.2 Å². The molecule has 0 amide bonds. The Hall–Kier alpha value is -1.52. The molecule has 0 bridgehead atoms. The monoisotopic (exact) mass is 266 g/mol. The first kappa shape index (κ1) is 12.0. The molecule has 0 heterocycles. The Morgan fingerprint density at radius 2 is 1.82 bits per heavy atom. The second-order valence-corrected chi connectivity index (χ2v) is 5.41. The van der Waals surface area contributed by atoms with Gasteiger partial charge in [-0.1, -0.05) is 35.9 Å². The van der Waals surface area contributed by atoms with E-state index in [1.807, 2.05) is 0 Å². The molecule has 0 aliphatic heterocycles. The van der Waals surface area contributed by atoms with Gasteiger partial charge in [-0.25, -0.2) is 8.42 Å². The van der Waals surface area contributed by atoms with Gasteiger partial charge in [0.25, 0.3) is 10.0 Å². The largest absolute Gasteiger partial charge is 0.278 e. The van der Waals surface area contributed by atoms with Gasteiger partial charge < -0.3 is 0 Å². The van der Waals surface area contributed by atoms with Gasteiger partial charge in [-0.05, 0) is 30.3 Å². The van der Waals surface area contributed by atoms with Crippen molar-refractivity contribution in [1.82, 2.24) is 0 Å². The van der Waals surface area contributed by atoms with Gasteiger partial charge in [-0.3, -0.25) is 4.72 Å². The van der Waals surface area contributed by atoms with Crippen molar-refractivity contribution in [2.75, 3.05) is 4.72 Å². The normalized spacial score (nSPS) is 11.1. The minimum absolute atomic E-state index is 0.198. The second kappa shape index (κ2) is 4.77. The fraction of sp³-hybridized carbons (Fsp3) is 0. The lowest BCUT2D eigenvalue weighted by molar-refractivity contribution is 0.601. The summed E-state index contributed by atoms with van der Waals surface area (Å²) in [6.45, 7) is 0. The SMILES string of the molecule is O=S(=O)(Nc1cc[c]cc1Cl)c1ccccc1. The Morgan fingerprint density at radius 3 is 2.47 bits per heavy atom. The number of sulfonamides is 1. The van der Waals surface area contributed by atoms with Crippen LogP contribution in [0.15, 0.2) is 53.4 Å². The summed E-state index contributed by atoms with van der Waals surface area (Å²) in [5.74, 6) is 0. The number of rotatable bonds is 3. The quantitative estimate of drug-likeness (QED) is 0.928. The van der Waals surface area contributed by atoms with Crippen LogP contribution in [0.5, 0.6) is 0 Å². The van der Waals surface area contributed by atoms with E-state index < -0.39 is 10.0 Å². The number of halogens is 1. The summed E-state index contributed by atoms with van der Waals surface area (Å²) in [5.41, 5.74) is 0.342. The molecule has 0 aliphatic carbocycles. The van der Waals surface area contributed by atoms with Crippen molar-refractivity contribution < 1.29 is 8.42 Å². The number of hydrogen-bond acceptors (Lipinski definition) is 2. The van der Waals surface area contributed by atoms with Crippen molar-refractivity contribution in [3.63, 3.8) is 0 Å². The Kier molecular flexibility index (Phi) is 3.36. The minimum atomic E-state index is -3.58. The second-order valence-electron chi connectivity index (χ2n) is 3.32. The van der Waals surface area contributed by atoms with Gasteiger partial charge in [-0.2, -0.15) is 0 Å². The molecule has 0 aliphatic rings. The van der Waals surface area contributed by atoms with Gasteiger partial charge in [0.1, 0.15) is 0 Å². The molecule has 1 N–H and O–H groups in total. The molecule has 2 aromatic carbocycles. The Bertz CT molecular complexity index is 611. The van der Waals surface area contributed by atoms with E-state index in [0.29, 0.717) is 10.7 Å². The highest BCUT2D eigenvalue weighted by Gasteiger charge is 2.14. The summed E-state index contributed by atoms with van der Waals surface area (Å²) in [6.07, 6.45) is 0. The molecule has 1 radical (unpaired) electrons. The van der Waals surface area contributed by atoms with Crippen molar-refractivity contribution in [2.45, 2.75) is 4.90 Å².